The number of H-pyrrole nitrogens is 1. The molecule has 67 heavy (non-hydrogen) atoms. The van der Waals surface area contributed by atoms with Gasteiger partial charge in [0.1, 0.15) is 23.8 Å². The first-order valence-electron chi connectivity index (χ1n) is 22.8. The highest BCUT2D eigenvalue weighted by atomic mass is 35.5. The van der Waals surface area contributed by atoms with E-state index in [1.807, 2.05) is 18.2 Å². The molecule has 3 aromatic carbocycles. The number of allylic oxidation sites excluding steroid dienone is 1. The summed E-state index contributed by atoms with van der Waals surface area (Å²) in [6, 6.07) is 18.5. The van der Waals surface area contributed by atoms with Crippen LogP contribution in [-0.2, 0) is 19.5 Å². The van der Waals surface area contributed by atoms with Gasteiger partial charge in [0.25, 0.3) is 21.6 Å². The Morgan fingerprint density at radius 2 is 1.78 bits per heavy atom. The standard InChI is InChI=1S/C49H56ClN7O9S/c1-49(2)16-14-41(31-4-6-34(50)7-5-31)33(26-49)28-55-18-20-56(21-19-55)36-8-13-42(44(23-36)66-39-22-32-15-17-51-47(32)52-27-39)48(58)54-67(61,62)40-24-43(57(59)60)46-45(25-40)65-30-35(53-46)29-64-38-11-9-37(63-3)10-12-38/h4-8,13,15,17,22-25,27,35,37-38,53H,9-12,14,16,18-21,26,28-30H2,1-3H3,(H,51,52)(H,54,58)/t35-,37-,38-/m1/s1. The zero-order valence-corrected chi connectivity index (χ0v) is 39.5. The second-order valence-electron chi connectivity index (χ2n) is 18.7. The monoisotopic (exact) mass is 953 g/mol. The number of carbonyl (C=O) groups excluding carboxylic acids is 1. The van der Waals surface area contributed by atoms with Crippen molar-refractivity contribution >= 4 is 61.2 Å². The maximum atomic E-state index is 14.1. The Morgan fingerprint density at radius 1 is 1.01 bits per heavy atom. The summed E-state index contributed by atoms with van der Waals surface area (Å²) in [7, 11) is -2.97. The van der Waals surface area contributed by atoms with Crippen molar-refractivity contribution in [3.8, 4) is 17.2 Å². The number of rotatable bonds is 14. The lowest BCUT2D eigenvalue weighted by molar-refractivity contribution is -0.384. The van der Waals surface area contributed by atoms with Gasteiger partial charge in [-0.2, -0.15) is 0 Å². The second-order valence-corrected chi connectivity index (χ2v) is 20.8. The van der Waals surface area contributed by atoms with Crippen molar-refractivity contribution < 1.29 is 37.1 Å². The Kier molecular flexibility index (Phi) is 13.5. The molecule has 2 aliphatic heterocycles. The van der Waals surface area contributed by atoms with Gasteiger partial charge in [-0.1, -0.05) is 43.2 Å². The van der Waals surface area contributed by atoms with Crippen LogP contribution in [0.4, 0.5) is 17.1 Å². The molecule has 0 bridgehead atoms. The van der Waals surface area contributed by atoms with Crippen LogP contribution in [-0.4, -0.2) is 105 Å². The highest BCUT2D eigenvalue weighted by Gasteiger charge is 2.34. The summed E-state index contributed by atoms with van der Waals surface area (Å²) >= 11 is 6.24. The van der Waals surface area contributed by atoms with Gasteiger partial charge in [0, 0.05) is 80.3 Å². The van der Waals surface area contributed by atoms with E-state index in [4.69, 9.17) is 30.5 Å². The van der Waals surface area contributed by atoms with Crippen molar-refractivity contribution in [2.45, 2.75) is 81.9 Å². The van der Waals surface area contributed by atoms with E-state index >= 15 is 0 Å². The maximum Gasteiger partial charge on any atom is 0.297 e. The van der Waals surface area contributed by atoms with Gasteiger partial charge in [-0.3, -0.25) is 19.8 Å². The van der Waals surface area contributed by atoms with Crippen LogP contribution >= 0.6 is 11.6 Å². The number of nitrogens with zero attached hydrogens (tertiary/aromatic N) is 4. The summed E-state index contributed by atoms with van der Waals surface area (Å²) in [4.78, 5) is 37.5. The van der Waals surface area contributed by atoms with Crippen LogP contribution < -0.4 is 24.4 Å². The number of methoxy groups -OCH3 is 1. The molecule has 4 heterocycles. The third-order valence-electron chi connectivity index (χ3n) is 13.4. The number of pyridine rings is 1. The first-order valence-corrected chi connectivity index (χ1v) is 24.7. The minimum atomic E-state index is -4.68. The Labute approximate surface area is 395 Å². The number of amides is 1. The Balaban J connectivity index is 0.917. The molecule has 1 saturated heterocycles. The number of ether oxygens (including phenoxy) is 4. The van der Waals surface area contributed by atoms with Gasteiger partial charge in [0.2, 0.25) is 0 Å². The molecule has 354 valence electrons. The van der Waals surface area contributed by atoms with E-state index in [9.17, 15) is 23.3 Å². The minimum absolute atomic E-state index is 0.0266. The zero-order chi connectivity index (χ0) is 46.9. The van der Waals surface area contributed by atoms with Crippen LogP contribution in [0.1, 0.15) is 74.7 Å². The van der Waals surface area contributed by atoms with E-state index in [1.165, 1.54) is 35.0 Å². The summed E-state index contributed by atoms with van der Waals surface area (Å²) in [6.07, 6.45) is 10.2. The van der Waals surface area contributed by atoms with Crippen molar-refractivity contribution in [2.75, 3.05) is 63.3 Å². The normalized spacial score (nSPS) is 21.0. The molecule has 0 spiro atoms. The van der Waals surface area contributed by atoms with Crippen molar-refractivity contribution in [3.05, 3.63) is 111 Å². The van der Waals surface area contributed by atoms with Gasteiger partial charge >= 0.3 is 0 Å². The van der Waals surface area contributed by atoms with Gasteiger partial charge in [0.05, 0.1) is 46.4 Å². The van der Waals surface area contributed by atoms with E-state index in [2.05, 4.69) is 55.8 Å². The Bertz CT molecular complexity index is 2780. The van der Waals surface area contributed by atoms with Crippen molar-refractivity contribution in [2.24, 2.45) is 5.41 Å². The number of nitro benzene ring substituents is 1. The number of piperazine rings is 1. The van der Waals surface area contributed by atoms with Gasteiger partial charge in [-0.15, -0.1) is 0 Å². The smallest absolute Gasteiger partial charge is 0.297 e. The van der Waals surface area contributed by atoms with Gasteiger partial charge in [-0.25, -0.2) is 18.1 Å². The zero-order valence-electron chi connectivity index (χ0n) is 37.9. The number of carbonyl (C=O) groups is 1. The van der Waals surface area contributed by atoms with Crippen LogP contribution in [0, 0.1) is 15.5 Å². The topological polar surface area (TPSA) is 190 Å². The van der Waals surface area contributed by atoms with Crippen LogP contribution in [0.2, 0.25) is 5.02 Å². The van der Waals surface area contributed by atoms with Crippen molar-refractivity contribution in [1.29, 1.82) is 0 Å². The lowest BCUT2D eigenvalue weighted by atomic mass is 9.73. The van der Waals surface area contributed by atoms with Gasteiger partial charge in [0.15, 0.2) is 11.4 Å². The van der Waals surface area contributed by atoms with Crippen molar-refractivity contribution in [3.63, 3.8) is 0 Å². The number of aromatic amines is 1. The number of benzene rings is 3. The van der Waals surface area contributed by atoms with E-state index < -0.39 is 37.5 Å². The van der Waals surface area contributed by atoms with E-state index in [0.29, 0.717) is 24.5 Å². The summed E-state index contributed by atoms with van der Waals surface area (Å²) < 4.78 is 53.9. The molecule has 3 N–H and O–H groups in total. The number of sulfonamides is 1. The molecule has 1 atom stereocenters. The largest absolute Gasteiger partial charge is 0.489 e. The fourth-order valence-corrected chi connectivity index (χ4v) is 10.8. The number of nitrogens with one attached hydrogen (secondary N) is 3. The third kappa shape index (κ3) is 10.7. The fourth-order valence-electron chi connectivity index (χ4n) is 9.66. The number of hydrogen-bond donors (Lipinski definition) is 3. The fraction of sp³-hybridized carbons (Fsp3) is 0.429. The Morgan fingerprint density at radius 3 is 2.52 bits per heavy atom. The van der Waals surface area contributed by atoms with E-state index in [1.54, 1.807) is 31.5 Å². The lowest BCUT2D eigenvalue weighted by Gasteiger charge is -2.39. The molecular weight excluding hydrogens is 898 g/mol. The molecule has 4 aliphatic rings. The summed E-state index contributed by atoms with van der Waals surface area (Å²) in [5.41, 5.74) is 5.21. The molecule has 2 aromatic heterocycles. The molecule has 1 amide bonds. The quantitative estimate of drug-likeness (QED) is 0.0707. The van der Waals surface area contributed by atoms with Crippen LogP contribution in [0.15, 0.2) is 89.6 Å². The lowest BCUT2D eigenvalue weighted by Crippen LogP contribution is -2.47. The average Bonchev–Trinajstić information content (AvgIpc) is 3.79. The average molecular weight is 955 g/mol. The predicted molar refractivity (Wildman–Crippen MR) is 257 cm³/mol. The molecule has 2 fully saturated rings. The maximum absolute atomic E-state index is 14.1. The first-order chi connectivity index (χ1) is 32.2. The SMILES string of the molecule is CO[C@H]1CC[C@H](OC[C@@H]2COc3cc(S(=O)(=O)NC(=O)c4ccc(N5CCN(CC6=C(c7ccc(Cl)cc7)CCC(C)(C)C6)CC5)cc4Oc4cnc5[nH]ccc5c4)cc([N+](=O)[O-])c3N2)CC1. The molecule has 0 unspecified atom stereocenters. The molecule has 2 aliphatic carbocycles. The number of anilines is 2. The number of nitro groups is 1. The number of aromatic nitrogens is 2. The molecular formula is C49H56ClN7O9S. The van der Waals surface area contributed by atoms with Gasteiger partial charge < -0.3 is 34.1 Å². The van der Waals surface area contributed by atoms with E-state index in [-0.39, 0.29) is 53.6 Å². The molecule has 16 nitrogen and oxygen atoms in total. The summed E-state index contributed by atoms with van der Waals surface area (Å²) in [6.45, 7) is 8.90. The number of fused-ring (bicyclic) bond motifs is 2. The summed E-state index contributed by atoms with van der Waals surface area (Å²) in [5, 5.41) is 17.0. The highest BCUT2D eigenvalue weighted by Crippen LogP contribution is 2.44. The molecule has 1 saturated carbocycles. The number of hydrogen-bond acceptors (Lipinski definition) is 13. The third-order valence-corrected chi connectivity index (χ3v) is 15.0. The predicted octanol–water partition coefficient (Wildman–Crippen LogP) is 8.97. The molecule has 0 radical (unpaired) electrons. The first kappa shape index (κ1) is 46.4. The molecule has 9 rings (SSSR count). The summed E-state index contributed by atoms with van der Waals surface area (Å²) in [5.74, 6) is -0.571. The number of halogens is 1. The van der Waals surface area contributed by atoms with Crippen LogP contribution in [0.3, 0.4) is 0 Å². The Hall–Kier alpha value is -5.72. The molecule has 18 heteroatoms. The van der Waals surface area contributed by atoms with Crippen LogP contribution in [0.25, 0.3) is 16.6 Å². The van der Waals surface area contributed by atoms with Crippen LogP contribution in [0.5, 0.6) is 17.2 Å². The van der Waals surface area contributed by atoms with E-state index in [0.717, 1.165) is 86.7 Å². The van der Waals surface area contributed by atoms with Gasteiger partial charge in [-0.05, 0) is 97.9 Å². The second kappa shape index (κ2) is 19.5. The highest BCUT2D eigenvalue weighted by molar-refractivity contribution is 7.90. The van der Waals surface area contributed by atoms with Crippen molar-refractivity contribution in [1.82, 2.24) is 19.6 Å². The molecule has 5 aromatic rings. The minimum Gasteiger partial charge on any atom is -0.489 e.